The van der Waals surface area contributed by atoms with Crippen LogP contribution < -0.4 is 25.0 Å². The molecule has 4 rings (SSSR count). The fraction of sp³-hybridized carbons (Fsp3) is 0.200. The van der Waals surface area contributed by atoms with Gasteiger partial charge in [-0.2, -0.15) is 0 Å². The summed E-state index contributed by atoms with van der Waals surface area (Å²) >= 11 is 0. The first-order valence-electron chi connectivity index (χ1n) is 10.6. The standard InChI is InChI=1S/C25H26N4O4/c1-32-22-13-12-21(16-23(22)33-2)29-15-14-28(25(29)31)17-24(30)27-20-10-8-19(9-11-20)26-18-6-4-3-5-7-18/h3-13,16,26H,14-15,17H2,1-2H3,(H,27,30). The smallest absolute Gasteiger partial charge is 0.325 e. The van der Waals surface area contributed by atoms with E-state index in [1.165, 1.54) is 4.90 Å². The van der Waals surface area contributed by atoms with Crippen molar-refractivity contribution < 1.29 is 19.1 Å². The second-order valence-electron chi connectivity index (χ2n) is 7.51. The zero-order valence-electron chi connectivity index (χ0n) is 18.6. The predicted octanol–water partition coefficient (Wildman–Crippen LogP) is 4.33. The highest BCUT2D eigenvalue weighted by Gasteiger charge is 2.31. The van der Waals surface area contributed by atoms with Gasteiger partial charge in [0.1, 0.15) is 6.54 Å². The monoisotopic (exact) mass is 446 g/mol. The maximum atomic E-state index is 12.9. The van der Waals surface area contributed by atoms with E-state index in [4.69, 9.17) is 9.47 Å². The lowest BCUT2D eigenvalue weighted by Gasteiger charge is -2.19. The molecule has 3 amide bonds. The van der Waals surface area contributed by atoms with Crippen LogP contribution in [0.25, 0.3) is 0 Å². The van der Waals surface area contributed by atoms with Gasteiger partial charge in [0, 0.05) is 41.9 Å². The summed E-state index contributed by atoms with van der Waals surface area (Å²) in [5.41, 5.74) is 3.27. The van der Waals surface area contributed by atoms with Crippen LogP contribution >= 0.6 is 0 Å². The number of carbonyl (C=O) groups is 2. The molecule has 3 aromatic carbocycles. The van der Waals surface area contributed by atoms with Crippen LogP contribution in [0.2, 0.25) is 0 Å². The molecule has 0 saturated carbocycles. The van der Waals surface area contributed by atoms with E-state index < -0.39 is 0 Å². The van der Waals surface area contributed by atoms with Crippen LogP contribution in [0.4, 0.5) is 27.5 Å². The number of urea groups is 1. The Labute approximate surface area is 192 Å². The van der Waals surface area contributed by atoms with E-state index in [1.807, 2.05) is 54.6 Å². The minimum absolute atomic E-state index is 0.0212. The Hall–Kier alpha value is -4.20. The van der Waals surface area contributed by atoms with E-state index in [9.17, 15) is 9.59 Å². The van der Waals surface area contributed by atoms with Gasteiger partial charge in [0.2, 0.25) is 5.91 Å². The van der Waals surface area contributed by atoms with Gasteiger partial charge in [-0.25, -0.2) is 4.79 Å². The van der Waals surface area contributed by atoms with Gasteiger partial charge in [-0.3, -0.25) is 9.69 Å². The van der Waals surface area contributed by atoms with Gasteiger partial charge in [-0.05, 0) is 48.5 Å². The minimum Gasteiger partial charge on any atom is -0.493 e. The summed E-state index contributed by atoms with van der Waals surface area (Å²) in [7, 11) is 3.11. The molecule has 1 fully saturated rings. The number of para-hydroxylation sites is 1. The molecular formula is C25H26N4O4. The third-order valence-corrected chi connectivity index (χ3v) is 5.34. The lowest BCUT2D eigenvalue weighted by Crippen LogP contribution is -2.37. The Kier molecular flexibility index (Phi) is 6.64. The summed E-state index contributed by atoms with van der Waals surface area (Å²) in [6.07, 6.45) is 0. The van der Waals surface area contributed by atoms with Crippen LogP contribution in [0.3, 0.4) is 0 Å². The summed E-state index contributed by atoms with van der Waals surface area (Å²) in [4.78, 5) is 28.5. The third kappa shape index (κ3) is 5.17. The van der Waals surface area contributed by atoms with Gasteiger partial charge in [0.05, 0.1) is 14.2 Å². The Balaban J connectivity index is 1.33. The number of amides is 3. The van der Waals surface area contributed by atoms with Crippen molar-refractivity contribution in [3.63, 3.8) is 0 Å². The number of rotatable bonds is 8. The molecule has 3 aromatic rings. The fourth-order valence-electron chi connectivity index (χ4n) is 3.66. The summed E-state index contributed by atoms with van der Waals surface area (Å²) in [6.45, 7) is 0.925. The lowest BCUT2D eigenvalue weighted by molar-refractivity contribution is -0.116. The number of methoxy groups -OCH3 is 2. The highest BCUT2D eigenvalue weighted by Crippen LogP contribution is 2.32. The number of nitrogens with zero attached hydrogens (tertiary/aromatic N) is 2. The number of carbonyl (C=O) groups excluding carboxylic acids is 2. The van der Waals surface area contributed by atoms with Gasteiger partial charge < -0.3 is 25.0 Å². The van der Waals surface area contributed by atoms with Crippen LogP contribution in [0.5, 0.6) is 11.5 Å². The Morgan fingerprint density at radius 2 is 1.52 bits per heavy atom. The van der Waals surface area contributed by atoms with Crippen LogP contribution in [0.15, 0.2) is 72.8 Å². The molecule has 8 heteroatoms. The Morgan fingerprint density at radius 1 is 0.848 bits per heavy atom. The van der Waals surface area contributed by atoms with E-state index in [-0.39, 0.29) is 18.5 Å². The van der Waals surface area contributed by atoms with Gasteiger partial charge >= 0.3 is 6.03 Å². The first-order valence-corrected chi connectivity index (χ1v) is 10.6. The Bertz CT molecular complexity index is 1120. The Morgan fingerprint density at radius 3 is 2.21 bits per heavy atom. The molecule has 0 spiro atoms. The molecule has 1 aliphatic rings. The number of anilines is 4. The van der Waals surface area contributed by atoms with Gasteiger partial charge in [-0.1, -0.05) is 18.2 Å². The second kappa shape index (κ2) is 9.95. The second-order valence-corrected chi connectivity index (χ2v) is 7.51. The summed E-state index contributed by atoms with van der Waals surface area (Å²) in [5, 5.41) is 6.15. The van der Waals surface area contributed by atoms with Crippen molar-refractivity contribution in [2.24, 2.45) is 0 Å². The van der Waals surface area contributed by atoms with Crippen molar-refractivity contribution in [3.8, 4) is 11.5 Å². The molecule has 2 N–H and O–H groups in total. The van der Waals surface area contributed by atoms with Crippen molar-refractivity contribution in [2.75, 3.05) is 49.4 Å². The molecule has 33 heavy (non-hydrogen) atoms. The van der Waals surface area contributed by atoms with Crippen molar-refractivity contribution in [3.05, 3.63) is 72.8 Å². The molecule has 1 aliphatic heterocycles. The first-order chi connectivity index (χ1) is 16.1. The lowest BCUT2D eigenvalue weighted by atomic mass is 10.2. The maximum absolute atomic E-state index is 12.9. The van der Waals surface area contributed by atoms with Crippen molar-refractivity contribution >= 4 is 34.7 Å². The molecule has 0 radical (unpaired) electrons. The zero-order chi connectivity index (χ0) is 23.2. The summed E-state index contributed by atoms with van der Waals surface area (Å²) in [6, 6.07) is 22.4. The molecule has 1 heterocycles. The highest BCUT2D eigenvalue weighted by atomic mass is 16.5. The molecular weight excluding hydrogens is 420 g/mol. The minimum atomic E-state index is -0.249. The molecule has 0 aromatic heterocycles. The van der Waals surface area contributed by atoms with Crippen LogP contribution in [0.1, 0.15) is 0 Å². The molecule has 0 aliphatic carbocycles. The summed E-state index contributed by atoms with van der Waals surface area (Å²) in [5.74, 6) is 0.889. The number of ether oxygens (including phenoxy) is 2. The summed E-state index contributed by atoms with van der Waals surface area (Å²) < 4.78 is 10.6. The molecule has 1 saturated heterocycles. The number of hydrogen-bond acceptors (Lipinski definition) is 5. The number of hydrogen-bond donors (Lipinski definition) is 2. The predicted molar refractivity (Wildman–Crippen MR) is 129 cm³/mol. The van der Waals surface area contributed by atoms with Crippen molar-refractivity contribution in [1.82, 2.24) is 4.90 Å². The van der Waals surface area contributed by atoms with Gasteiger partial charge in [0.25, 0.3) is 0 Å². The van der Waals surface area contributed by atoms with Gasteiger partial charge in [-0.15, -0.1) is 0 Å². The fourth-order valence-corrected chi connectivity index (χ4v) is 3.66. The highest BCUT2D eigenvalue weighted by molar-refractivity contribution is 5.99. The number of nitrogens with one attached hydrogen (secondary N) is 2. The van der Waals surface area contributed by atoms with Crippen molar-refractivity contribution in [1.29, 1.82) is 0 Å². The normalized spacial score (nSPS) is 13.1. The largest absolute Gasteiger partial charge is 0.493 e. The van der Waals surface area contributed by atoms with Crippen LogP contribution in [-0.4, -0.2) is 50.7 Å². The number of benzene rings is 3. The SMILES string of the molecule is COc1ccc(N2CCN(CC(=O)Nc3ccc(Nc4ccccc4)cc3)C2=O)cc1OC. The van der Waals surface area contributed by atoms with Gasteiger partial charge in [0.15, 0.2) is 11.5 Å². The molecule has 0 unspecified atom stereocenters. The van der Waals surface area contributed by atoms with Crippen LogP contribution in [0, 0.1) is 0 Å². The van der Waals surface area contributed by atoms with E-state index >= 15 is 0 Å². The topological polar surface area (TPSA) is 83.1 Å². The average molecular weight is 447 g/mol. The van der Waals surface area contributed by atoms with E-state index in [2.05, 4.69) is 10.6 Å². The molecule has 0 atom stereocenters. The van der Waals surface area contributed by atoms with Crippen LogP contribution in [-0.2, 0) is 4.79 Å². The molecule has 8 nitrogen and oxygen atoms in total. The average Bonchev–Trinajstić information content (AvgIpc) is 3.20. The molecule has 0 bridgehead atoms. The van der Waals surface area contributed by atoms with Crippen molar-refractivity contribution in [2.45, 2.75) is 0 Å². The third-order valence-electron chi connectivity index (χ3n) is 5.34. The maximum Gasteiger partial charge on any atom is 0.325 e. The molecule has 170 valence electrons. The van der Waals surface area contributed by atoms with E-state index in [0.717, 1.165) is 11.4 Å². The zero-order valence-corrected chi connectivity index (χ0v) is 18.6. The quantitative estimate of drug-likeness (QED) is 0.538. The van der Waals surface area contributed by atoms with E-state index in [0.29, 0.717) is 36.0 Å². The first kappa shape index (κ1) is 22.0. The van der Waals surface area contributed by atoms with E-state index in [1.54, 1.807) is 37.3 Å².